The van der Waals surface area contributed by atoms with Crippen LogP contribution >= 0.6 is 11.6 Å². The first kappa shape index (κ1) is 11.0. The van der Waals surface area contributed by atoms with Crippen LogP contribution < -0.4 is 19.7 Å². The molecule has 0 unspecified atom stereocenters. The van der Waals surface area contributed by atoms with Crippen LogP contribution in [0.5, 0.6) is 11.5 Å². The van der Waals surface area contributed by atoms with E-state index in [0.29, 0.717) is 18.2 Å². The Kier molecular flexibility index (Phi) is 2.99. The van der Waals surface area contributed by atoms with Gasteiger partial charge in [-0.05, 0) is 6.07 Å². The zero-order valence-electron chi connectivity index (χ0n) is 9.54. The number of nitrogens with zero attached hydrogens (tertiary/aromatic N) is 1. The van der Waals surface area contributed by atoms with E-state index in [9.17, 15) is 0 Å². The minimum Gasteiger partial charge on any atom is -0.486 e. The van der Waals surface area contributed by atoms with Gasteiger partial charge in [0.2, 0.25) is 0 Å². The third-order valence-electron chi connectivity index (χ3n) is 3.05. The molecule has 0 atom stereocenters. The predicted molar refractivity (Wildman–Crippen MR) is 67.5 cm³/mol. The summed E-state index contributed by atoms with van der Waals surface area (Å²) in [5.41, 5.74) is 1.05. The van der Waals surface area contributed by atoms with Crippen molar-refractivity contribution in [3.63, 3.8) is 0 Å². The SMILES string of the molecule is Clc1cc2c(c(N3CCNCC3)c1)OCCO2. The van der Waals surface area contributed by atoms with Gasteiger partial charge in [-0.15, -0.1) is 0 Å². The molecule has 0 amide bonds. The molecule has 0 aliphatic carbocycles. The Balaban J connectivity index is 1.98. The van der Waals surface area contributed by atoms with Gasteiger partial charge in [0.15, 0.2) is 11.5 Å². The van der Waals surface area contributed by atoms with Gasteiger partial charge in [0, 0.05) is 37.3 Å². The topological polar surface area (TPSA) is 33.7 Å². The minimum absolute atomic E-state index is 0.592. The van der Waals surface area contributed by atoms with E-state index in [0.717, 1.165) is 43.4 Å². The van der Waals surface area contributed by atoms with Crippen molar-refractivity contribution in [3.8, 4) is 11.5 Å². The molecule has 2 aliphatic rings. The molecular weight excluding hydrogens is 240 g/mol. The molecule has 0 saturated carbocycles. The predicted octanol–water partition coefficient (Wildman–Crippen LogP) is 1.52. The first-order valence-electron chi connectivity index (χ1n) is 5.89. The van der Waals surface area contributed by atoms with Crippen molar-refractivity contribution in [1.29, 1.82) is 0 Å². The zero-order chi connectivity index (χ0) is 11.7. The molecule has 0 aromatic heterocycles. The molecule has 1 fully saturated rings. The summed E-state index contributed by atoms with van der Waals surface area (Å²) in [6, 6.07) is 3.78. The van der Waals surface area contributed by atoms with E-state index >= 15 is 0 Å². The summed E-state index contributed by atoms with van der Waals surface area (Å²) in [6.07, 6.45) is 0. The van der Waals surface area contributed by atoms with E-state index in [1.54, 1.807) is 0 Å². The number of anilines is 1. The Morgan fingerprint density at radius 3 is 2.71 bits per heavy atom. The summed E-state index contributed by atoms with van der Waals surface area (Å²) < 4.78 is 11.3. The van der Waals surface area contributed by atoms with Gasteiger partial charge < -0.3 is 19.7 Å². The van der Waals surface area contributed by atoms with Crippen LogP contribution in [0.3, 0.4) is 0 Å². The summed E-state index contributed by atoms with van der Waals surface area (Å²) >= 11 is 6.12. The molecule has 5 heteroatoms. The van der Waals surface area contributed by atoms with Crippen LogP contribution in [-0.2, 0) is 0 Å². The molecule has 1 saturated heterocycles. The van der Waals surface area contributed by atoms with Gasteiger partial charge >= 0.3 is 0 Å². The van der Waals surface area contributed by atoms with Crippen LogP contribution in [0.2, 0.25) is 5.02 Å². The molecule has 1 aromatic carbocycles. The number of nitrogens with one attached hydrogen (secondary N) is 1. The molecule has 2 aliphatic heterocycles. The van der Waals surface area contributed by atoms with Crippen LogP contribution in [0.1, 0.15) is 0 Å². The maximum Gasteiger partial charge on any atom is 0.184 e. The van der Waals surface area contributed by atoms with Crippen LogP contribution in [-0.4, -0.2) is 39.4 Å². The Morgan fingerprint density at radius 1 is 1.12 bits per heavy atom. The molecule has 0 spiro atoms. The standard InChI is InChI=1S/C12H15ClN2O2/c13-9-7-10(15-3-1-14-2-4-15)12-11(8-9)16-5-6-17-12/h7-8,14H,1-6H2. The van der Waals surface area contributed by atoms with Gasteiger partial charge in [-0.2, -0.15) is 0 Å². The van der Waals surface area contributed by atoms with Gasteiger partial charge in [-0.25, -0.2) is 0 Å². The smallest absolute Gasteiger partial charge is 0.184 e. The molecule has 1 N–H and O–H groups in total. The fraction of sp³-hybridized carbons (Fsp3) is 0.500. The molecule has 17 heavy (non-hydrogen) atoms. The number of ether oxygens (including phenoxy) is 2. The molecular formula is C12H15ClN2O2. The lowest BCUT2D eigenvalue weighted by atomic mass is 10.2. The quantitative estimate of drug-likeness (QED) is 0.824. The normalized spacial score (nSPS) is 19.2. The number of halogens is 1. The first-order valence-corrected chi connectivity index (χ1v) is 6.27. The third kappa shape index (κ3) is 2.15. The summed E-state index contributed by atoms with van der Waals surface area (Å²) in [7, 11) is 0. The van der Waals surface area contributed by atoms with E-state index < -0.39 is 0 Å². The number of benzene rings is 1. The minimum atomic E-state index is 0.592. The second kappa shape index (κ2) is 4.63. The Hall–Kier alpha value is -1.13. The maximum absolute atomic E-state index is 6.12. The second-order valence-electron chi connectivity index (χ2n) is 4.19. The highest BCUT2D eigenvalue weighted by atomic mass is 35.5. The summed E-state index contributed by atoms with van der Waals surface area (Å²) in [5.74, 6) is 1.60. The Morgan fingerprint density at radius 2 is 1.88 bits per heavy atom. The van der Waals surface area contributed by atoms with E-state index in [1.165, 1.54) is 0 Å². The van der Waals surface area contributed by atoms with Gasteiger partial charge in [0.25, 0.3) is 0 Å². The molecule has 1 aromatic rings. The van der Waals surface area contributed by atoms with Gasteiger partial charge in [0.1, 0.15) is 13.2 Å². The van der Waals surface area contributed by atoms with E-state index in [2.05, 4.69) is 10.2 Å². The van der Waals surface area contributed by atoms with Crippen LogP contribution in [0.25, 0.3) is 0 Å². The molecule has 0 bridgehead atoms. The number of hydrogen-bond donors (Lipinski definition) is 1. The van der Waals surface area contributed by atoms with Crippen LogP contribution in [0, 0.1) is 0 Å². The van der Waals surface area contributed by atoms with Gasteiger partial charge in [-0.3, -0.25) is 0 Å². The summed E-state index contributed by atoms with van der Waals surface area (Å²) in [4.78, 5) is 2.29. The van der Waals surface area contributed by atoms with E-state index in [1.807, 2.05) is 12.1 Å². The molecule has 92 valence electrons. The van der Waals surface area contributed by atoms with Crippen LogP contribution in [0.15, 0.2) is 12.1 Å². The van der Waals surface area contributed by atoms with Crippen molar-refractivity contribution >= 4 is 17.3 Å². The fourth-order valence-electron chi connectivity index (χ4n) is 2.24. The van der Waals surface area contributed by atoms with E-state index in [4.69, 9.17) is 21.1 Å². The van der Waals surface area contributed by atoms with E-state index in [-0.39, 0.29) is 0 Å². The Labute approximate surface area is 105 Å². The van der Waals surface area contributed by atoms with Crippen molar-refractivity contribution in [2.45, 2.75) is 0 Å². The lowest BCUT2D eigenvalue weighted by Crippen LogP contribution is -2.43. The molecule has 0 radical (unpaired) electrons. The lowest BCUT2D eigenvalue weighted by molar-refractivity contribution is 0.172. The number of hydrogen-bond acceptors (Lipinski definition) is 4. The molecule has 3 rings (SSSR count). The third-order valence-corrected chi connectivity index (χ3v) is 3.26. The number of fused-ring (bicyclic) bond motifs is 1. The summed E-state index contributed by atoms with van der Waals surface area (Å²) in [5, 5.41) is 4.03. The van der Waals surface area contributed by atoms with Crippen molar-refractivity contribution in [3.05, 3.63) is 17.2 Å². The second-order valence-corrected chi connectivity index (χ2v) is 4.62. The zero-order valence-corrected chi connectivity index (χ0v) is 10.3. The largest absolute Gasteiger partial charge is 0.486 e. The highest BCUT2D eigenvalue weighted by Gasteiger charge is 2.22. The van der Waals surface area contributed by atoms with Gasteiger partial charge in [-0.1, -0.05) is 11.6 Å². The fourth-order valence-corrected chi connectivity index (χ4v) is 2.45. The van der Waals surface area contributed by atoms with Gasteiger partial charge in [0.05, 0.1) is 5.69 Å². The van der Waals surface area contributed by atoms with Crippen molar-refractivity contribution < 1.29 is 9.47 Å². The molecule has 2 heterocycles. The summed E-state index contributed by atoms with van der Waals surface area (Å²) in [6.45, 7) is 5.11. The van der Waals surface area contributed by atoms with Crippen LogP contribution in [0.4, 0.5) is 5.69 Å². The average Bonchev–Trinajstić information content (AvgIpc) is 2.39. The van der Waals surface area contributed by atoms with Crippen molar-refractivity contribution in [2.75, 3.05) is 44.3 Å². The lowest BCUT2D eigenvalue weighted by Gasteiger charge is -2.32. The maximum atomic E-state index is 6.12. The first-order chi connectivity index (χ1) is 8.34. The Bertz CT molecular complexity index is 419. The van der Waals surface area contributed by atoms with Crippen molar-refractivity contribution in [1.82, 2.24) is 5.32 Å². The molecule has 4 nitrogen and oxygen atoms in total. The highest BCUT2D eigenvalue weighted by Crippen LogP contribution is 2.42. The van der Waals surface area contributed by atoms with Crippen molar-refractivity contribution in [2.24, 2.45) is 0 Å². The average molecular weight is 255 g/mol. The monoisotopic (exact) mass is 254 g/mol. The highest BCUT2D eigenvalue weighted by molar-refractivity contribution is 6.31. The number of piperazine rings is 1. The number of rotatable bonds is 1.